The first-order chi connectivity index (χ1) is 25.0. The average molecular weight is 697 g/mol. The van der Waals surface area contributed by atoms with Gasteiger partial charge in [-0.05, 0) is 69.5 Å². The lowest BCUT2D eigenvalue weighted by Crippen LogP contribution is -2.33. The van der Waals surface area contributed by atoms with Crippen molar-refractivity contribution < 1.29 is 19.8 Å². The smallest absolute Gasteiger partial charge is 0.224 e. The second-order valence-electron chi connectivity index (χ2n) is 13.7. The minimum atomic E-state index is -1.21. The molecule has 10 heteroatoms. The van der Waals surface area contributed by atoms with Crippen LogP contribution in [0.15, 0.2) is 122 Å². The van der Waals surface area contributed by atoms with Crippen LogP contribution in [0.25, 0.3) is 22.3 Å². The van der Waals surface area contributed by atoms with Gasteiger partial charge >= 0.3 is 0 Å². The quantitative estimate of drug-likeness (QED) is 0.0730. The van der Waals surface area contributed by atoms with Crippen molar-refractivity contribution in [3.8, 4) is 22.3 Å². The van der Waals surface area contributed by atoms with Crippen LogP contribution in [-0.4, -0.2) is 42.0 Å². The summed E-state index contributed by atoms with van der Waals surface area (Å²) in [6.45, 7) is 7.85. The minimum Gasteiger partial charge on any atom is -0.379 e. The Morgan fingerprint density at radius 2 is 0.981 bits per heavy atom. The third-order valence-corrected chi connectivity index (χ3v) is 9.68. The predicted molar refractivity (Wildman–Crippen MR) is 203 cm³/mol. The van der Waals surface area contributed by atoms with Crippen LogP contribution in [0.3, 0.4) is 0 Å². The molecule has 0 aliphatic heterocycles. The molecule has 0 aliphatic carbocycles. The van der Waals surface area contributed by atoms with Gasteiger partial charge in [0.1, 0.15) is 11.2 Å². The number of aromatic nitrogens is 4. The van der Waals surface area contributed by atoms with Gasteiger partial charge in [0.15, 0.2) is 0 Å². The number of hydrogen-bond donors (Lipinski definition) is 6. The Kier molecular flexibility index (Phi) is 10.5. The zero-order valence-corrected chi connectivity index (χ0v) is 29.7. The van der Waals surface area contributed by atoms with Gasteiger partial charge in [0, 0.05) is 24.2 Å². The van der Waals surface area contributed by atoms with Crippen LogP contribution in [-0.2, 0) is 20.8 Å². The Morgan fingerprint density at radius 1 is 0.596 bits per heavy atom. The van der Waals surface area contributed by atoms with E-state index in [4.69, 9.17) is 0 Å². The number of benzene rings is 4. The maximum Gasteiger partial charge on any atom is 0.224 e. The van der Waals surface area contributed by atoms with E-state index in [1.807, 2.05) is 125 Å². The van der Waals surface area contributed by atoms with Gasteiger partial charge in [-0.15, -0.1) is 0 Å². The molecule has 266 valence electrons. The van der Waals surface area contributed by atoms with E-state index in [0.717, 1.165) is 33.4 Å². The van der Waals surface area contributed by atoms with E-state index in [1.54, 1.807) is 25.0 Å². The molecule has 2 atom stereocenters. The number of anilines is 2. The van der Waals surface area contributed by atoms with Gasteiger partial charge in [-0.1, -0.05) is 100 Å². The summed E-state index contributed by atoms with van der Waals surface area (Å²) in [6.07, 6.45) is 6.43. The molecule has 2 unspecified atom stereocenters. The molecule has 6 N–H and O–H groups in total. The maximum absolute atomic E-state index is 12.9. The van der Waals surface area contributed by atoms with Crippen LogP contribution in [0.1, 0.15) is 63.1 Å². The summed E-state index contributed by atoms with van der Waals surface area (Å²) in [6, 6.07) is 30.4. The van der Waals surface area contributed by atoms with Crippen LogP contribution in [0.5, 0.6) is 0 Å². The van der Waals surface area contributed by atoms with Gasteiger partial charge < -0.3 is 30.8 Å². The lowest BCUT2D eigenvalue weighted by molar-refractivity contribution is -0.121. The highest BCUT2D eigenvalue weighted by Gasteiger charge is 2.37. The lowest BCUT2D eigenvalue weighted by Gasteiger charge is -2.31. The van der Waals surface area contributed by atoms with Crippen molar-refractivity contribution in [1.82, 2.24) is 19.9 Å². The average Bonchev–Trinajstić information content (AvgIpc) is 3.90. The van der Waals surface area contributed by atoms with Crippen molar-refractivity contribution >= 4 is 23.2 Å². The van der Waals surface area contributed by atoms with Crippen LogP contribution >= 0.6 is 0 Å². The first-order valence-corrected chi connectivity index (χ1v) is 17.4. The van der Waals surface area contributed by atoms with E-state index >= 15 is 0 Å². The molecule has 0 bridgehead atoms. The zero-order chi connectivity index (χ0) is 36.9. The number of aromatic amines is 2. The van der Waals surface area contributed by atoms with Gasteiger partial charge in [-0.25, -0.2) is 9.97 Å². The van der Waals surface area contributed by atoms with Crippen molar-refractivity contribution in [2.45, 2.75) is 51.7 Å². The van der Waals surface area contributed by atoms with Gasteiger partial charge in [-0.2, -0.15) is 0 Å². The highest BCUT2D eigenvalue weighted by Crippen LogP contribution is 2.38. The topological polar surface area (TPSA) is 156 Å². The van der Waals surface area contributed by atoms with E-state index in [2.05, 4.69) is 30.6 Å². The molecule has 52 heavy (non-hydrogen) atoms. The fourth-order valence-electron chi connectivity index (χ4n) is 6.59. The summed E-state index contributed by atoms with van der Waals surface area (Å²) < 4.78 is 0. The van der Waals surface area contributed by atoms with Crippen LogP contribution in [0, 0.1) is 11.8 Å². The molecular weight excluding hydrogens is 652 g/mol. The molecule has 0 aliphatic rings. The molecule has 6 aromatic rings. The summed E-state index contributed by atoms with van der Waals surface area (Å²) in [5.74, 6) is -0.730. The van der Waals surface area contributed by atoms with E-state index in [0.29, 0.717) is 22.8 Å². The van der Waals surface area contributed by atoms with Crippen LogP contribution in [0.4, 0.5) is 11.4 Å². The molecular formula is C42H44N6O4. The number of H-pyrrole nitrogens is 2. The number of aliphatic hydroxyl groups is 2. The SMILES string of the molecule is CC(C)C(O)(c1ccc(-c2cccc(NC(=O)CCC(=O)Nc3cccc(-c4ccc(C(O)(c5cnc[nH]5)C(C)C)cc4)c3)c2)cc1)c1cnc[nH]1. The van der Waals surface area contributed by atoms with E-state index < -0.39 is 11.2 Å². The third kappa shape index (κ3) is 7.44. The highest BCUT2D eigenvalue weighted by molar-refractivity contribution is 5.97. The van der Waals surface area contributed by atoms with Crippen molar-refractivity contribution in [1.29, 1.82) is 0 Å². The van der Waals surface area contributed by atoms with Gasteiger partial charge in [0.05, 0.1) is 36.4 Å². The minimum absolute atomic E-state index is 0.0163. The molecule has 10 nitrogen and oxygen atoms in total. The van der Waals surface area contributed by atoms with Crippen molar-refractivity contribution in [3.63, 3.8) is 0 Å². The molecule has 2 aromatic heterocycles. The maximum atomic E-state index is 12.9. The third-order valence-electron chi connectivity index (χ3n) is 9.68. The number of carbonyl (C=O) groups is 2. The fraction of sp³-hybridized carbons (Fsp3) is 0.238. The molecule has 6 rings (SSSR count). The molecule has 4 aromatic carbocycles. The summed E-state index contributed by atoms with van der Waals surface area (Å²) in [4.78, 5) is 40.0. The number of imidazole rings is 2. The number of nitrogens with one attached hydrogen (secondary N) is 4. The zero-order valence-electron chi connectivity index (χ0n) is 29.7. The molecule has 2 amide bonds. The number of hydrogen-bond acceptors (Lipinski definition) is 6. The van der Waals surface area contributed by atoms with Crippen molar-refractivity contribution in [3.05, 3.63) is 145 Å². The Labute approximate surface area is 303 Å². The normalized spacial score (nSPS) is 13.8. The van der Waals surface area contributed by atoms with Crippen molar-refractivity contribution in [2.24, 2.45) is 11.8 Å². The summed E-state index contributed by atoms with van der Waals surface area (Å²) >= 11 is 0. The second-order valence-corrected chi connectivity index (χ2v) is 13.7. The van der Waals surface area contributed by atoms with E-state index in [1.165, 1.54) is 0 Å². The molecule has 2 heterocycles. The molecule has 0 saturated heterocycles. The Balaban J connectivity index is 1.04. The van der Waals surface area contributed by atoms with Gasteiger partial charge in [-0.3, -0.25) is 9.59 Å². The first-order valence-electron chi connectivity index (χ1n) is 17.4. The number of nitrogens with zero attached hydrogens (tertiary/aromatic N) is 2. The highest BCUT2D eigenvalue weighted by atomic mass is 16.3. The van der Waals surface area contributed by atoms with Gasteiger partial charge in [0.2, 0.25) is 11.8 Å². The molecule has 0 radical (unpaired) electrons. The standard InChI is InChI=1S/C42H44N6O4/c1-27(2)41(51,37-23-43-25-45-37)33-15-11-29(12-16-33)31-7-5-9-35(21-31)47-39(49)19-20-40(50)48-36-10-6-8-32(22-36)30-13-17-34(18-14-30)42(52,28(3)4)38-24-44-26-46-38/h5-18,21-28,51-52H,19-20H2,1-4H3,(H,43,45)(H,44,46)(H,47,49)(H,48,50). The van der Waals surface area contributed by atoms with E-state index in [-0.39, 0.29) is 36.5 Å². The predicted octanol–water partition coefficient (Wildman–Crippen LogP) is 7.61. The summed E-state index contributed by atoms with van der Waals surface area (Å²) in [7, 11) is 0. The number of rotatable bonds is 13. The Hall–Kier alpha value is -5.84. The van der Waals surface area contributed by atoms with Crippen molar-refractivity contribution in [2.75, 3.05) is 10.6 Å². The molecule has 0 fully saturated rings. The first kappa shape index (κ1) is 36.0. The molecule has 0 saturated carbocycles. The number of amides is 2. The summed E-state index contributed by atoms with van der Waals surface area (Å²) in [5, 5.41) is 29.0. The van der Waals surface area contributed by atoms with E-state index in [9.17, 15) is 19.8 Å². The molecule has 0 spiro atoms. The Bertz CT molecular complexity index is 1960. The second kappa shape index (κ2) is 15.2. The Morgan fingerprint density at radius 3 is 1.31 bits per heavy atom. The van der Waals surface area contributed by atoms with Crippen LogP contribution in [0.2, 0.25) is 0 Å². The largest absolute Gasteiger partial charge is 0.379 e. The number of carbonyl (C=O) groups excluding carboxylic acids is 2. The van der Waals surface area contributed by atoms with Gasteiger partial charge in [0.25, 0.3) is 0 Å². The fourth-order valence-corrected chi connectivity index (χ4v) is 6.59. The van der Waals surface area contributed by atoms with Crippen LogP contribution < -0.4 is 10.6 Å². The lowest BCUT2D eigenvalue weighted by atomic mass is 9.80. The monoisotopic (exact) mass is 696 g/mol. The summed E-state index contributed by atoms with van der Waals surface area (Å²) in [5.41, 5.74) is 5.25.